The van der Waals surface area contributed by atoms with Gasteiger partial charge in [-0.05, 0) is 80.4 Å². The van der Waals surface area contributed by atoms with Gasteiger partial charge in [0.15, 0.2) is 0 Å². The van der Waals surface area contributed by atoms with Gasteiger partial charge in [0.05, 0.1) is 28.1 Å². The number of anilines is 1. The number of nitrogens with zero attached hydrogens (tertiary/aromatic N) is 3. The summed E-state index contributed by atoms with van der Waals surface area (Å²) in [6, 6.07) is 5.84. The Kier molecular flexibility index (Phi) is 8.32. The molecule has 202 valence electrons. The molecule has 0 bridgehead atoms. The predicted octanol–water partition coefficient (Wildman–Crippen LogP) is 7.12. The van der Waals surface area contributed by atoms with Gasteiger partial charge in [0.1, 0.15) is 0 Å². The minimum atomic E-state index is -0.873. The maximum absolute atomic E-state index is 13.0. The summed E-state index contributed by atoms with van der Waals surface area (Å²) in [7, 11) is 0. The number of halogens is 1. The van der Waals surface area contributed by atoms with E-state index < -0.39 is 5.97 Å². The van der Waals surface area contributed by atoms with E-state index in [9.17, 15) is 14.7 Å². The molecule has 0 spiro atoms. The highest BCUT2D eigenvalue weighted by atomic mass is 35.5. The van der Waals surface area contributed by atoms with Crippen molar-refractivity contribution in [2.24, 2.45) is 17.3 Å². The molecular formula is C29H41ClN4O3. The van der Waals surface area contributed by atoms with E-state index in [0.29, 0.717) is 46.3 Å². The standard InChI is InChI=1S/C29H41ClN4O3/c1-17(2)29(4,5)16-19-13-22(14-19)34-28(20-7-8-20)27(32-33-34)21(9-11-26(36)37)15-25(35)31-24-10-6-18(3)12-23(24)30/h6,10,12,17,19-22H,7-9,11,13-16H2,1-5H3,(H,31,35)(H,36,37)/t19-,21-,22+/m0/s1. The van der Waals surface area contributed by atoms with E-state index in [1.807, 2.05) is 19.1 Å². The SMILES string of the molecule is Cc1ccc(NC(=O)C[C@H](CCC(=O)O)c2nnn([C@H]3C[C@@H](CC(C)(C)C(C)C)C3)c2C2CC2)c(Cl)c1. The highest BCUT2D eigenvalue weighted by Crippen LogP contribution is 2.50. The number of aryl methyl sites for hydroxylation is 1. The number of benzene rings is 1. The minimum Gasteiger partial charge on any atom is -0.481 e. The number of nitrogens with one attached hydrogen (secondary N) is 1. The second kappa shape index (κ2) is 11.1. The molecule has 8 heteroatoms. The monoisotopic (exact) mass is 528 g/mol. The zero-order valence-corrected chi connectivity index (χ0v) is 23.5. The van der Waals surface area contributed by atoms with Gasteiger partial charge in [-0.15, -0.1) is 5.10 Å². The Morgan fingerprint density at radius 1 is 1.24 bits per heavy atom. The lowest BCUT2D eigenvalue weighted by Crippen LogP contribution is -2.33. The predicted molar refractivity (Wildman–Crippen MR) is 146 cm³/mol. The number of carboxylic acids is 1. The summed E-state index contributed by atoms with van der Waals surface area (Å²) in [6.07, 6.45) is 6.07. The van der Waals surface area contributed by atoms with Gasteiger partial charge in [-0.3, -0.25) is 9.59 Å². The van der Waals surface area contributed by atoms with Gasteiger partial charge in [0.2, 0.25) is 5.91 Å². The molecule has 37 heavy (non-hydrogen) atoms. The third kappa shape index (κ3) is 6.73. The number of carboxylic acid groups (broad SMARTS) is 1. The molecule has 0 radical (unpaired) electrons. The van der Waals surface area contributed by atoms with Crippen molar-refractivity contribution in [3.8, 4) is 0 Å². The summed E-state index contributed by atoms with van der Waals surface area (Å²) in [5.74, 6) is 0.356. The van der Waals surface area contributed by atoms with Crippen molar-refractivity contribution >= 4 is 29.2 Å². The van der Waals surface area contributed by atoms with Gasteiger partial charge in [0, 0.05) is 24.7 Å². The second-order valence-electron chi connectivity index (χ2n) is 12.3. The highest BCUT2D eigenvalue weighted by Gasteiger charge is 2.41. The van der Waals surface area contributed by atoms with Crippen LogP contribution in [0.2, 0.25) is 5.02 Å². The normalized spacial score (nSPS) is 20.5. The molecule has 2 fully saturated rings. The Labute approximate surface area is 225 Å². The van der Waals surface area contributed by atoms with Crippen LogP contribution in [0.15, 0.2) is 18.2 Å². The Hall–Kier alpha value is -2.41. The first-order valence-electron chi connectivity index (χ1n) is 13.7. The fourth-order valence-corrected chi connectivity index (χ4v) is 5.74. The van der Waals surface area contributed by atoms with Crippen molar-refractivity contribution in [2.45, 2.75) is 104 Å². The number of carbonyl (C=O) groups excluding carboxylic acids is 1. The lowest BCUT2D eigenvalue weighted by Gasteiger charge is -2.42. The lowest BCUT2D eigenvalue weighted by molar-refractivity contribution is -0.137. The van der Waals surface area contributed by atoms with Gasteiger partial charge in [-0.2, -0.15) is 0 Å². The molecule has 0 aliphatic heterocycles. The molecule has 4 rings (SSSR count). The maximum atomic E-state index is 13.0. The van der Waals surface area contributed by atoms with E-state index >= 15 is 0 Å². The highest BCUT2D eigenvalue weighted by molar-refractivity contribution is 6.33. The van der Waals surface area contributed by atoms with Crippen molar-refractivity contribution in [2.75, 3.05) is 5.32 Å². The molecular weight excluding hydrogens is 488 g/mol. The Morgan fingerprint density at radius 2 is 1.95 bits per heavy atom. The number of aliphatic carboxylic acids is 1. The van der Waals surface area contributed by atoms with Gasteiger partial charge >= 0.3 is 5.97 Å². The number of hydrogen-bond acceptors (Lipinski definition) is 4. The number of hydrogen-bond donors (Lipinski definition) is 2. The number of rotatable bonds is 12. The van der Waals surface area contributed by atoms with E-state index in [2.05, 4.69) is 48.0 Å². The van der Waals surface area contributed by atoms with Crippen LogP contribution in [0.4, 0.5) is 5.69 Å². The Bertz CT molecular complexity index is 1130. The van der Waals surface area contributed by atoms with Gasteiger partial charge < -0.3 is 10.4 Å². The average molecular weight is 529 g/mol. The largest absolute Gasteiger partial charge is 0.481 e. The van der Waals surface area contributed by atoms with Crippen LogP contribution < -0.4 is 5.32 Å². The summed E-state index contributed by atoms with van der Waals surface area (Å²) in [5, 5.41) is 21.9. The average Bonchev–Trinajstić information content (AvgIpc) is 3.53. The van der Waals surface area contributed by atoms with Crippen LogP contribution in [-0.2, 0) is 9.59 Å². The Balaban J connectivity index is 1.50. The summed E-state index contributed by atoms with van der Waals surface area (Å²) in [4.78, 5) is 24.5. The first kappa shape index (κ1) is 27.6. The molecule has 2 saturated carbocycles. The second-order valence-corrected chi connectivity index (χ2v) is 12.7. The molecule has 1 amide bonds. The quantitative estimate of drug-likeness (QED) is 0.305. The number of carbonyl (C=O) groups is 2. The van der Waals surface area contributed by atoms with Crippen LogP contribution in [0.5, 0.6) is 0 Å². The smallest absolute Gasteiger partial charge is 0.303 e. The van der Waals surface area contributed by atoms with Gasteiger partial charge in [0.25, 0.3) is 0 Å². The zero-order valence-electron chi connectivity index (χ0n) is 22.8. The van der Waals surface area contributed by atoms with Crippen LogP contribution in [0.1, 0.15) is 114 Å². The van der Waals surface area contributed by atoms with Crippen LogP contribution in [-0.4, -0.2) is 32.0 Å². The molecule has 0 saturated heterocycles. The van der Waals surface area contributed by atoms with E-state index in [-0.39, 0.29) is 24.7 Å². The fraction of sp³-hybridized carbons (Fsp3) is 0.655. The first-order chi connectivity index (χ1) is 17.4. The van der Waals surface area contributed by atoms with E-state index in [0.717, 1.165) is 42.6 Å². The van der Waals surface area contributed by atoms with Gasteiger partial charge in [-0.1, -0.05) is 50.6 Å². The van der Waals surface area contributed by atoms with Crippen molar-refractivity contribution in [3.05, 3.63) is 40.2 Å². The molecule has 2 aliphatic rings. The van der Waals surface area contributed by atoms with Crippen molar-refractivity contribution < 1.29 is 14.7 Å². The van der Waals surface area contributed by atoms with E-state index in [1.165, 1.54) is 6.42 Å². The zero-order chi connectivity index (χ0) is 26.9. The van der Waals surface area contributed by atoms with Crippen LogP contribution in [0, 0.1) is 24.2 Å². The molecule has 1 aromatic carbocycles. The van der Waals surface area contributed by atoms with Crippen LogP contribution in [0.25, 0.3) is 0 Å². The third-order valence-corrected chi connectivity index (χ3v) is 8.89. The molecule has 1 heterocycles. The molecule has 1 atom stereocenters. The van der Waals surface area contributed by atoms with Crippen LogP contribution >= 0.6 is 11.6 Å². The van der Waals surface area contributed by atoms with Gasteiger partial charge in [-0.25, -0.2) is 4.68 Å². The molecule has 2 aromatic rings. The maximum Gasteiger partial charge on any atom is 0.303 e. The molecule has 2 aliphatic carbocycles. The summed E-state index contributed by atoms with van der Waals surface area (Å²) < 4.78 is 2.12. The summed E-state index contributed by atoms with van der Waals surface area (Å²) in [6.45, 7) is 11.3. The molecule has 7 nitrogen and oxygen atoms in total. The number of amides is 1. The fourth-order valence-electron chi connectivity index (χ4n) is 5.45. The number of aromatic nitrogens is 3. The molecule has 1 aromatic heterocycles. The third-order valence-electron chi connectivity index (χ3n) is 8.58. The van der Waals surface area contributed by atoms with E-state index in [4.69, 9.17) is 11.6 Å². The van der Waals surface area contributed by atoms with Crippen molar-refractivity contribution in [3.63, 3.8) is 0 Å². The summed E-state index contributed by atoms with van der Waals surface area (Å²) >= 11 is 6.32. The Morgan fingerprint density at radius 3 is 2.54 bits per heavy atom. The van der Waals surface area contributed by atoms with Crippen molar-refractivity contribution in [1.29, 1.82) is 0 Å². The lowest BCUT2D eigenvalue weighted by atomic mass is 9.67. The van der Waals surface area contributed by atoms with E-state index in [1.54, 1.807) is 6.07 Å². The summed E-state index contributed by atoms with van der Waals surface area (Å²) in [5.41, 5.74) is 3.82. The topological polar surface area (TPSA) is 97.1 Å². The minimum absolute atomic E-state index is 0.0179. The molecule has 0 unspecified atom stereocenters. The van der Waals surface area contributed by atoms with Crippen LogP contribution in [0.3, 0.4) is 0 Å². The first-order valence-corrected chi connectivity index (χ1v) is 14.0. The molecule has 2 N–H and O–H groups in total. The van der Waals surface area contributed by atoms with Crippen molar-refractivity contribution in [1.82, 2.24) is 15.0 Å².